The normalized spacial score (nSPS) is 18.9. The van der Waals surface area contributed by atoms with Gasteiger partial charge in [0.1, 0.15) is 5.52 Å². The summed E-state index contributed by atoms with van der Waals surface area (Å²) in [6.45, 7) is 4.68. The van der Waals surface area contributed by atoms with Gasteiger partial charge in [0.05, 0.1) is 12.1 Å². The van der Waals surface area contributed by atoms with Gasteiger partial charge >= 0.3 is 0 Å². The van der Waals surface area contributed by atoms with Crippen molar-refractivity contribution in [3.05, 3.63) is 60.2 Å². The van der Waals surface area contributed by atoms with Gasteiger partial charge in [-0.2, -0.15) is 0 Å². The van der Waals surface area contributed by atoms with E-state index in [0.29, 0.717) is 0 Å². The molecule has 0 aliphatic carbocycles. The van der Waals surface area contributed by atoms with Crippen molar-refractivity contribution in [2.75, 3.05) is 13.2 Å². The van der Waals surface area contributed by atoms with Crippen molar-refractivity contribution < 1.29 is 9.15 Å². The largest absolute Gasteiger partial charge is 0.439 e. The van der Waals surface area contributed by atoms with Gasteiger partial charge in [0, 0.05) is 32.1 Å². The maximum Gasteiger partial charge on any atom is 0.212 e. The minimum absolute atomic E-state index is 0.0665. The van der Waals surface area contributed by atoms with Crippen LogP contribution in [0.1, 0.15) is 37.3 Å². The molecule has 1 saturated heterocycles. The summed E-state index contributed by atoms with van der Waals surface area (Å²) in [6, 6.07) is 12.1. The molecule has 0 amide bonds. The van der Waals surface area contributed by atoms with Crippen LogP contribution >= 0.6 is 0 Å². The average molecular weight is 337 g/mol. The summed E-state index contributed by atoms with van der Waals surface area (Å²) in [5.41, 5.74) is 2.93. The molecule has 5 heteroatoms. The van der Waals surface area contributed by atoms with Crippen LogP contribution < -0.4 is 0 Å². The van der Waals surface area contributed by atoms with Crippen molar-refractivity contribution in [3.8, 4) is 0 Å². The van der Waals surface area contributed by atoms with Crippen LogP contribution in [0.15, 0.2) is 53.2 Å². The van der Waals surface area contributed by atoms with Crippen LogP contribution in [0.5, 0.6) is 0 Å². The molecule has 0 bridgehead atoms. The quantitative estimate of drug-likeness (QED) is 0.681. The summed E-state index contributed by atoms with van der Waals surface area (Å²) < 4.78 is 11.9. The number of oxazole rings is 1. The fourth-order valence-corrected chi connectivity index (χ4v) is 3.36. The number of pyridine rings is 1. The lowest BCUT2D eigenvalue weighted by Crippen LogP contribution is -2.34. The minimum atomic E-state index is 0.0665. The number of fused-ring (bicyclic) bond motifs is 1. The summed E-state index contributed by atoms with van der Waals surface area (Å²) in [7, 11) is 0. The van der Waals surface area contributed by atoms with Crippen LogP contribution in [-0.4, -0.2) is 34.1 Å². The van der Waals surface area contributed by atoms with E-state index >= 15 is 0 Å². The Morgan fingerprint density at radius 2 is 2.16 bits per heavy atom. The second-order valence-corrected chi connectivity index (χ2v) is 6.62. The van der Waals surface area contributed by atoms with Crippen LogP contribution in [0, 0.1) is 0 Å². The molecule has 0 unspecified atom stereocenters. The minimum Gasteiger partial charge on any atom is -0.439 e. The molecule has 4 rings (SSSR count). The van der Waals surface area contributed by atoms with E-state index in [2.05, 4.69) is 27.9 Å². The Hall–Kier alpha value is -2.24. The van der Waals surface area contributed by atoms with Crippen molar-refractivity contribution in [2.24, 2.45) is 0 Å². The fourth-order valence-electron chi connectivity index (χ4n) is 3.36. The van der Waals surface area contributed by atoms with Crippen molar-refractivity contribution >= 4 is 11.1 Å². The first-order chi connectivity index (χ1) is 12.3. The van der Waals surface area contributed by atoms with E-state index in [0.717, 1.165) is 49.5 Å². The standard InChI is InChI=1S/C20H23N3O2/c1-15(20-22-18-8-2-3-9-19(18)25-20)23(14-17-7-5-11-24-17)13-16-6-4-10-21-12-16/h2-4,6,8-10,12,15,17H,5,7,11,13-14H2,1H3/t15-,17+/m1/s1. The monoisotopic (exact) mass is 337 g/mol. The van der Waals surface area contributed by atoms with E-state index in [1.165, 1.54) is 5.56 Å². The molecule has 0 saturated carbocycles. The lowest BCUT2D eigenvalue weighted by atomic mass is 10.1. The molecule has 3 heterocycles. The Morgan fingerprint density at radius 1 is 1.24 bits per heavy atom. The van der Waals surface area contributed by atoms with Crippen LogP contribution in [0.3, 0.4) is 0 Å². The highest BCUT2D eigenvalue weighted by atomic mass is 16.5. The third-order valence-electron chi connectivity index (χ3n) is 4.79. The Morgan fingerprint density at radius 3 is 2.92 bits per heavy atom. The van der Waals surface area contributed by atoms with Crippen LogP contribution in [-0.2, 0) is 11.3 Å². The van der Waals surface area contributed by atoms with Gasteiger partial charge in [-0.05, 0) is 43.5 Å². The molecule has 25 heavy (non-hydrogen) atoms. The molecular formula is C20H23N3O2. The highest BCUT2D eigenvalue weighted by Gasteiger charge is 2.26. The Labute approximate surface area is 147 Å². The molecule has 1 aliphatic heterocycles. The predicted molar refractivity (Wildman–Crippen MR) is 96.0 cm³/mol. The van der Waals surface area contributed by atoms with Crippen LogP contribution in [0.2, 0.25) is 0 Å². The molecule has 0 radical (unpaired) electrons. The molecule has 1 fully saturated rings. The van der Waals surface area contributed by atoms with Gasteiger partial charge in [-0.1, -0.05) is 18.2 Å². The molecule has 2 aromatic heterocycles. The van der Waals surface area contributed by atoms with Gasteiger partial charge in [0.15, 0.2) is 5.58 Å². The molecular weight excluding hydrogens is 314 g/mol. The second-order valence-electron chi connectivity index (χ2n) is 6.62. The summed E-state index contributed by atoms with van der Waals surface area (Å²) in [4.78, 5) is 11.3. The zero-order chi connectivity index (χ0) is 17.1. The number of ether oxygens (including phenoxy) is 1. The molecule has 130 valence electrons. The van der Waals surface area contributed by atoms with E-state index in [9.17, 15) is 0 Å². The molecule has 1 aliphatic rings. The number of aromatic nitrogens is 2. The summed E-state index contributed by atoms with van der Waals surface area (Å²) in [5.74, 6) is 0.753. The molecule has 0 N–H and O–H groups in total. The van der Waals surface area contributed by atoms with E-state index < -0.39 is 0 Å². The Bertz CT molecular complexity index is 779. The molecule has 0 spiro atoms. The Kier molecular flexibility index (Phi) is 4.76. The summed E-state index contributed by atoms with van der Waals surface area (Å²) >= 11 is 0. The maximum atomic E-state index is 6.00. The van der Waals surface area contributed by atoms with Crippen molar-refractivity contribution in [1.29, 1.82) is 0 Å². The van der Waals surface area contributed by atoms with Gasteiger partial charge in [-0.15, -0.1) is 0 Å². The first kappa shape index (κ1) is 16.2. The van der Waals surface area contributed by atoms with E-state index in [4.69, 9.17) is 9.15 Å². The molecule has 2 atom stereocenters. The van der Waals surface area contributed by atoms with Crippen LogP contribution in [0.25, 0.3) is 11.1 Å². The predicted octanol–water partition coefficient (Wildman–Crippen LogP) is 3.97. The number of para-hydroxylation sites is 2. The third-order valence-corrected chi connectivity index (χ3v) is 4.79. The lowest BCUT2D eigenvalue weighted by Gasteiger charge is -2.29. The fraction of sp³-hybridized carbons (Fsp3) is 0.400. The molecule has 1 aromatic carbocycles. The number of benzene rings is 1. The maximum absolute atomic E-state index is 6.00. The van der Waals surface area contributed by atoms with Gasteiger partial charge in [0.2, 0.25) is 5.89 Å². The molecule has 3 aromatic rings. The zero-order valence-corrected chi connectivity index (χ0v) is 14.5. The van der Waals surface area contributed by atoms with Crippen molar-refractivity contribution in [1.82, 2.24) is 14.9 Å². The van der Waals surface area contributed by atoms with E-state index in [-0.39, 0.29) is 12.1 Å². The average Bonchev–Trinajstić information content (AvgIpc) is 3.30. The zero-order valence-electron chi connectivity index (χ0n) is 14.5. The van der Waals surface area contributed by atoms with E-state index in [1.807, 2.05) is 36.5 Å². The number of nitrogens with zero attached hydrogens (tertiary/aromatic N) is 3. The van der Waals surface area contributed by atoms with Crippen molar-refractivity contribution in [2.45, 2.75) is 38.5 Å². The van der Waals surface area contributed by atoms with Crippen molar-refractivity contribution in [3.63, 3.8) is 0 Å². The number of hydrogen-bond donors (Lipinski definition) is 0. The molecule has 5 nitrogen and oxygen atoms in total. The summed E-state index contributed by atoms with van der Waals surface area (Å²) in [5, 5.41) is 0. The number of rotatable bonds is 6. The van der Waals surface area contributed by atoms with Gasteiger partial charge in [-0.25, -0.2) is 4.98 Å². The third kappa shape index (κ3) is 3.72. The van der Waals surface area contributed by atoms with Gasteiger partial charge in [0.25, 0.3) is 0 Å². The van der Waals surface area contributed by atoms with Gasteiger partial charge in [-0.3, -0.25) is 9.88 Å². The highest BCUT2D eigenvalue weighted by Crippen LogP contribution is 2.27. The first-order valence-corrected chi connectivity index (χ1v) is 8.89. The van der Waals surface area contributed by atoms with Crippen LogP contribution in [0.4, 0.5) is 0 Å². The van der Waals surface area contributed by atoms with Gasteiger partial charge < -0.3 is 9.15 Å². The summed E-state index contributed by atoms with van der Waals surface area (Å²) in [6.07, 6.45) is 6.26. The van der Waals surface area contributed by atoms with E-state index in [1.54, 1.807) is 6.20 Å². The lowest BCUT2D eigenvalue weighted by molar-refractivity contribution is 0.0512. The smallest absolute Gasteiger partial charge is 0.212 e. The SMILES string of the molecule is C[C@H](c1nc2ccccc2o1)N(Cc1cccnc1)C[C@@H]1CCCO1. The highest BCUT2D eigenvalue weighted by molar-refractivity contribution is 5.72. The second kappa shape index (κ2) is 7.33. The topological polar surface area (TPSA) is 51.4 Å². The number of hydrogen-bond acceptors (Lipinski definition) is 5. The first-order valence-electron chi connectivity index (χ1n) is 8.89. The Balaban J connectivity index is 1.58.